The van der Waals surface area contributed by atoms with Gasteiger partial charge in [-0.15, -0.1) is 0 Å². The van der Waals surface area contributed by atoms with E-state index in [0.29, 0.717) is 59.0 Å². The van der Waals surface area contributed by atoms with Crippen molar-refractivity contribution in [2.45, 2.75) is 25.9 Å². The van der Waals surface area contributed by atoms with Crippen LogP contribution < -0.4 is 5.32 Å². The van der Waals surface area contributed by atoms with Gasteiger partial charge in [-0.25, -0.2) is 0 Å². The smallest absolute Gasteiger partial charge is 0.0704 e. The largest absolute Gasteiger partial charge is 0.379 e. The average molecular weight is 305 g/mol. The molecule has 0 radical (unpaired) electrons. The second kappa shape index (κ2) is 14.7. The summed E-state index contributed by atoms with van der Waals surface area (Å²) in [5.41, 5.74) is 0. The van der Waals surface area contributed by atoms with Crippen molar-refractivity contribution in [2.24, 2.45) is 0 Å². The minimum absolute atomic E-state index is 0.403. The summed E-state index contributed by atoms with van der Waals surface area (Å²) < 4.78 is 27.1. The predicted molar refractivity (Wildman–Crippen MR) is 80.8 cm³/mol. The number of rotatable bonds is 14. The molecule has 0 aromatic rings. The van der Waals surface area contributed by atoms with Crippen LogP contribution in [0.4, 0.5) is 0 Å². The molecule has 0 aromatic heterocycles. The van der Waals surface area contributed by atoms with Gasteiger partial charge in [-0.1, -0.05) is 0 Å². The van der Waals surface area contributed by atoms with E-state index in [9.17, 15) is 0 Å². The Morgan fingerprint density at radius 1 is 0.714 bits per heavy atom. The highest BCUT2D eigenvalue weighted by Gasteiger charge is 2.12. The Bertz CT molecular complexity index is 212. The van der Waals surface area contributed by atoms with Gasteiger partial charge < -0.3 is 29.0 Å². The predicted octanol–water partition coefficient (Wildman–Crippen LogP) is 0.841. The average Bonchev–Trinajstić information content (AvgIpc) is 2.53. The van der Waals surface area contributed by atoms with Crippen molar-refractivity contribution in [3.8, 4) is 0 Å². The zero-order valence-corrected chi connectivity index (χ0v) is 13.3. The van der Waals surface area contributed by atoms with Crippen LogP contribution in [-0.4, -0.2) is 78.7 Å². The molecule has 1 N–H and O–H groups in total. The van der Waals surface area contributed by atoms with E-state index < -0.39 is 0 Å². The van der Waals surface area contributed by atoms with Crippen molar-refractivity contribution in [1.82, 2.24) is 5.32 Å². The lowest BCUT2D eigenvalue weighted by atomic mass is 10.1. The molecule has 1 rings (SSSR count). The van der Waals surface area contributed by atoms with E-state index >= 15 is 0 Å². The van der Waals surface area contributed by atoms with E-state index in [1.807, 2.05) is 6.92 Å². The Morgan fingerprint density at radius 3 is 1.71 bits per heavy atom. The molecule has 1 saturated heterocycles. The molecule has 0 aliphatic carbocycles. The first-order valence-electron chi connectivity index (χ1n) is 8.06. The Hall–Kier alpha value is -0.240. The van der Waals surface area contributed by atoms with Crippen LogP contribution in [0.15, 0.2) is 0 Å². The fourth-order valence-corrected chi connectivity index (χ4v) is 2.04. The minimum Gasteiger partial charge on any atom is -0.379 e. The molecule has 6 heteroatoms. The molecule has 0 saturated carbocycles. The third-order valence-electron chi connectivity index (χ3n) is 3.19. The number of nitrogens with one attached hydrogen (secondary N) is 1. The highest BCUT2D eigenvalue weighted by molar-refractivity contribution is 4.67. The Balaban J connectivity index is 1.69. The van der Waals surface area contributed by atoms with E-state index in [2.05, 4.69) is 5.32 Å². The van der Waals surface area contributed by atoms with Gasteiger partial charge in [-0.3, -0.25) is 0 Å². The fraction of sp³-hybridized carbons (Fsp3) is 1.00. The van der Waals surface area contributed by atoms with Gasteiger partial charge in [0.2, 0.25) is 0 Å². The Morgan fingerprint density at radius 2 is 1.19 bits per heavy atom. The molecular weight excluding hydrogens is 274 g/mol. The van der Waals surface area contributed by atoms with Gasteiger partial charge >= 0.3 is 0 Å². The van der Waals surface area contributed by atoms with E-state index in [-0.39, 0.29) is 0 Å². The zero-order chi connectivity index (χ0) is 15.0. The van der Waals surface area contributed by atoms with Crippen molar-refractivity contribution in [3.63, 3.8) is 0 Å². The molecule has 1 fully saturated rings. The van der Waals surface area contributed by atoms with Gasteiger partial charge in [-0.05, 0) is 32.9 Å². The molecule has 21 heavy (non-hydrogen) atoms. The van der Waals surface area contributed by atoms with Crippen LogP contribution >= 0.6 is 0 Å². The number of hydrogen-bond acceptors (Lipinski definition) is 6. The van der Waals surface area contributed by atoms with Crippen LogP contribution in [0.2, 0.25) is 0 Å². The van der Waals surface area contributed by atoms with E-state index in [1.54, 1.807) is 0 Å². The van der Waals surface area contributed by atoms with Crippen molar-refractivity contribution < 1.29 is 23.7 Å². The van der Waals surface area contributed by atoms with Gasteiger partial charge in [0, 0.05) is 6.61 Å². The summed E-state index contributed by atoms with van der Waals surface area (Å²) >= 11 is 0. The molecule has 126 valence electrons. The van der Waals surface area contributed by atoms with Crippen LogP contribution in [0, 0.1) is 0 Å². The lowest BCUT2D eigenvalue weighted by Gasteiger charge is -2.22. The van der Waals surface area contributed by atoms with Crippen LogP contribution in [0.5, 0.6) is 0 Å². The van der Waals surface area contributed by atoms with Crippen molar-refractivity contribution in [2.75, 3.05) is 72.6 Å². The van der Waals surface area contributed by atoms with Gasteiger partial charge in [0.05, 0.1) is 59.0 Å². The maximum absolute atomic E-state index is 5.74. The highest BCUT2D eigenvalue weighted by atomic mass is 16.6. The van der Waals surface area contributed by atoms with Gasteiger partial charge in [0.25, 0.3) is 0 Å². The molecule has 0 bridgehead atoms. The van der Waals surface area contributed by atoms with E-state index in [0.717, 1.165) is 32.5 Å². The molecule has 0 aromatic carbocycles. The molecule has 6 nitrogen and oxygen atoms in total. The second-order valence-corrected chi connectivity index (χ2v) is 4.85. The van der Waals surface area contributed by atoms with Crippen molar-refractivity contribution >= 4 is 0 Å². The van der Waals surface area contributed by atoms with Gasteiger partial charge in [-0.2, -0.15) is 0 Å². The van der Waals surface area contributed by atoms with Gasteiger partial charge in [0.15, 0.2) is 0 Å². The number of piperidine rings is 1. The summed E-state index contributed by atoms with van der Waals surface area (Å²) in [7, 11) is 0. The molecule has 0 unspecified atom stereocenters. The van der Waals surface area contributed by atoms with E-state index in [4.69, 9.17) is 23.7 Å². The monoisotopic (exact) mass is 305 g/mol. The molecule has 0 spiro atoms. The van der Waals surface area contributed by atoms with Crippen LogP contribution in [0.25, 0.3) is 0 Å². The molecule has 1 aliphatic rings. The molecule has 1 heterocycles. The first-order chi connectivity index (χ1) is 10.4. The van der Waals surface area contributed by atoms with Crippen LogP contribution in [0.3, 0.4) is 0 Å². The zero-order valence-electron chi connectivity index (χ0n) is 13.3. The van der Waals surface area contributed by atoms with Crippen molar-refractivity contribution in [1.29, 1.82) is 0 Å². The third-order valence-corrected chi connectivity index (χ3v) is 3.19. The highest BCUT2D eigenvalue weighted by Crippen LogP contribution is 2.06. The van der Waals surface area contributed by atoms with Gasteiger partial charge in [0.1, 0.15) is 0 Å². The summed E-state index contributed by atoms with van der Waals surface area (Å²) in [5, 5.41) is 3.32. The molecule has 1 aliphatic heterocycles. The fourth-order valence-electron chi connectivity index (χ4n) is 2.04. The van der Waals surface area contributed by atoms with Crippen LogP contribution in [-0.2, 0) is 23.7 Å². The first kappa shape index (κ1) is 18.8. The Labute approximate surface area is 128 Å². The SMILES string of the molecule is CCOCCOCCOCCOCCOC1CCNCC1. The van der Waals surface area contributed by atoms with E-state index in [1.165, 1.54) is 0 Å². The summed E-state index contributed by atoms with van der Waals surface area (Å²) in [6.07, 6.45) is 2.61. The second-order valence-electron chi connectivity index (χ2n) is 4.85. The summed E-state index contributed by atoms with van der Waals surface area (Å²) in [4.78, 5) is 0. The molecular formula is C15H31NO5. The quantitative estimate of drug-likeness (QED) is 0.480. The topological polar surface area (TPSA) is 58.2 Å². The van der Waals surface area contributed by atoms with Crippen LogP contribution in [0.1, 0.15) is 19.8 Å². The summed E-state index contributed by atoms with van der Waals surface area (Å²) in [5.74, 6) is 0. The normalized spacial score (nSPS) is 16.4. The Kier molecular flexibility index (Phi) is 13.2. The lowest BCUT2D eigenvalue weighted by molar-refractivity contribution is -0.0277. The minimum atomic E-state index is 0.403. The first-order valence-corrected chi connectivity index (χ1v) is 8.06. The lowest BCUT2D eigenvalue weighted by Crippen LogP contribution is -2.33. The number of hydrogen-bond donors (Lipinski definition) is 1. The maximum Gasteiger partial charge on any atom is 0.0704 e. The molecule has 0 atom stereocenters. The summed E-state index contributed by atoms with van der Waals surface area (Å²) in [6.45, 7) is 9.82. The number of ether oxygens (including phenoxy) is 5. The third kappa shape index (κ3) is 12.0. The standard InChI is InChI=1S/C15H31NO5/c1-2-17-7-8-18-9-10-19-11-12-20-13-14-21-15-3-5-16-6-4-15/h15-16H,2-14H2,1H3. The maximum atomic E-state index is 5.74. The molecule has 0 amide bonds. The van der Waals surface area contributed by atoms with Crippen molar-refractivity contribution in [3.05, 3.63) is 0 Å². The summed E-state index contributed by atoms with van der Waals surface area (Å²) in [6, 6.07) is 0.